The Morgan fingerprint density at radius 2 is 2.30 bits per heavy atom. The van der Waals surface area contributed by atoms with Gasteiger partial charge in [-0.05, 0) is 25.0 Å². The van der Waals surface area contributed by atoms with Crippen molar-refractivity contribution in [3.05, 3.63) is 17.8 Å². The number of hydrogen-bond acceptors (Lipinski definition) is 6. The van der Waals surface area contributed by atoms with Gasteiger partial charge in [-0.15, -0.1) is 10.2 Å². The highest BCUT2D eigenvalue weighted by Crippen LogP contribution is 2.28. The third-order valence-electron chi connectivity index (χ3n) is 3.66. The first-order chi connectivity index (χ1) is 9.72. The lowest BCUT2D eigenvalue weighted by atomic mass is 10.2. The van der Waals surface area contributed by atoms with Gasteiger partial charge >= 0.3 is 0 Å². The molecule has 2 fully saturated rings. The Morgan fingerprint density at radius 3 is 2.95 bits per heavy atom. The van der Waals surface area contributed by atoms with Gasteiger partial charge in [0.1, 0.15) is 5.82 Å². The van der Waals surface area contributed by atoms with E-state index >= 15 is 0 Å². The molecule has 7 nitrogen and oxygen atoms in total. The van der Waals surface area contributed by atoms with Crippen molar-refractivity contribution in [3.8, 4) is 0 Å². The zero-order chi connectivity index (χ0) is 13.9. The van der Waals surface area contributed by atoms with Gasteiger partial charge in [0.25, 0.3) is 5.91 Å². The predicted molar refractivity (Wildman–Crippen MR) is 73.4 cm³/mol. The maximum absolute atomic E-state index is 10.9. The summed E-state index contributed by atoms with van der Waals surface area (Å²) >= 11 is 0. The number of carbonyl (C=O) groups is 1. The SMILES string of the molecule is NC(=O)c1ccc(NCC2CN(C3CC3)CCO2)nn1. The fourth-order valence-corrected chi connectivity index (χ4v) is 2.41. The van der Waals surface area contributed by atoms with Gasteiger partial charge in [-0.3, -0.25) is 9.69 Å². The second kappa shape index (κ2) is 5.72. The van der Waals surface area contributed by atoms with E-state index in [0.717, 1.165) is 25.7 Å². The van der Waals surface area contributed by atoms with E-state index in [0.29, 0.717) is 12.4 Å². The first kappa shape index (κ1) is 13.3. The maximum Gasteiger partial charge on any atom is 0.269 e. The molecule has 1 saturated carbocycles. The molecule has 0 spiro atoms. The van der Waals surface area contributed by atoms with Crippen molar-refractivity contribution in [3.63, 3.8) is 0 Å². The average molecular weight is 277 g/mol. The van der Waals surface area contributed by atoms with E-state index in [1.54, 1.807) is 12.1 Å². The molecule has 0 radical (unpaired) electrons. The number of carbonyl (C=O) groups excluding carboxylic acids is 1. The van der Waals surface area contributed by atoms with Gasteiger partial charge in [0.05, 0.1) is 12.7 Å². The van der Waals surface area contributed by atoms with Crippen molar-refractivity contribution < 1.29 is 9.53 Å². The smallest absolute Gasteiger partial charge is 0.269 e. The Morgan fingerprint density at radius 1 is 1.45 bits per heavy atom. The largest absolute Gasteiger partial charge is 0.374 e. The Balaban J connectivity index is 1.49. The highest BCUT2D eigenvalue weighted by atomic mass is 16.5. The summed E-state index contributed by atoms with van der Waals surface area (Å²) < 4.78 is 5.74. The van der Waals surface area contributed by atoms with Gasteiger partial charge in [-0.1, -0.05) is 0 Å². The maximum atomic E-state index is 10.9. The van der Waals surface area contributed by atoms with E-state index in [9.17, 15) is 4.79 Å². The van der Waals surface area contributed by atoms with Crippen LogP contribution in [0.4, 0.5) is 5.82 Å². The third-order valence-corrected chi connectivity index (χ3v) is 3.66. The van der Waals surface area contributed by atoms with Crippen molar-refractivity contribution in [2.75, 3.05) is 31.6 Å². The van der Waals surface area contributed by atoms with Crippen molar-refractivity contribution in [2.45, 2.75) is 25.0 Å². The van der Waals surface area contributed by atoms with Crippen molar-refractivity contribution >= 4 is 11.7 Å². The molecule has 1 aromatic heterocycles. The standard InChI is InChI=1S/C13H19N5O2/c14-13(19)11-3-4-12(17-16-11)15-7-10-8-18(5-6-20-10)9-1-2-9/h3-4,9-10H,1-2,5-8H2,(H2,14,19)(H,15,17). The molecule has 3 N–H and O–H groups in total. The molecule has 1 atom stereocenters. The quantitative estimate of drug-likeness (QED) is 0.777. The normalized spacial score (nSPS) is 23.5. The van der Waals surface area contributed by atoms with Crippen LogP contribution >= 0.6 is 0 Å². The van der Waals surface area contributed by atoms with Crippen LogP contribution in [0.25, 0.3) is 0 Å². The molecule has 0 bridgehead atoms. The molecule has 1 aliphatic carbocycles. The molecular formula is C13H19N5O2. The van der Waals surface area contributed by atoms with E-state index in [1.807, 2.05) is 0 Å². The molecule has 2 aliphatic rings. The van der Waals surface area contributed by atoms with Crippen LogP contribution in [-0.4, -0.2) is 59.4 Å². The second-order valence-electron chi connectivity index (χ2n) is 5.27. The van der Waals surface area contributed by atoms with E-state index in [2.05, 4.69) is 20.4 Å². The van der Waals surface area contributed by atoms with Crippen LogP contribution in [-0.2, 0) is 4.74 Å². The zero-order valence-electron chi connectivity index (χ0n) is 11.3. The van der Waals surface area contributed by atoms with Crippen LogP contribution in [0, 0.1) is 0 Å². The summed E-state index contributed by atoms with van der Waals surface area (Å²) in [6.45, 7) is 3.47. The van der Waals surface area contributed by atoms with Crippen molar-refractivity contribution in [2.24, 2.45) is 5.73 Å². The van der Waals surface area contributed by atoms with E-state index in [-0.39, 0.29) is 11.8 Å². The van der Waals surface area contributed by atoms with Crippen LogP contribution < -0.4 is 11.1 Å². The highest BCUT2D eigenvalue weighted by molar-refractivity contribution is 5.90. The Labute approximate surface area is 117 Å². The average Bonchev–Trinajstić information content (AvgIpc) is 3.30. The first-order valence-corrected chi connectivity index (χ1v) is 6.95. The molecule has 20 heavy (non-hydrogen) atoms. The van der Waals surface area contributed by atoms with Crippen LogP contribution in [0.2, 0.25) is 0 Å². The molecule has 0 aromatic carbocycles. The summed E-state index contributed by atoms with van der Waals surface area (Å²) in [5, 5.41) is 10.9. The Hall–Kier alpha value is -1.73. The number of aromatic nitrogens is 2. The molecule has 7 heteroatoms. The van der Waals surface area contributed by atoms with Gasteiger partial charge < -0.3 is 15.8 Å². The fraction of sp³-hybridized carbons (Fsp3) is 0.615. The summed E-state index contributed by atoms with van der Waals surface area (Å²) in [5.41, 5.74) is 5.29. The first-order valence-electron chi connectivity index (χ1n) is 6.95. The number of rotatable bonds is 5. The van der Waals surface area contributed by atoms with Gasteiger partial charge in [0.2, 0.25) is 0 Å². The topological polar surface area (TPSA) is 93.4 Å². The van der Waals surface area contributed by atoms with Crippen molar-refractivity contribution in [1.82, 2.24) is 15.1 Å². The van der Waals surface area contributed by atoms with E-state index in [4.69, 9.17) is 10.5 Å². The number of morpholine rings is 1. The second-order valence-corrected chi connectivity index (χ2v) is 5.27. The number of anilines is 1. The number of nitrogens with two attached hydrogens (primary N) is 1. The van der Waals surface area contributed by atoms with Gasteiger partial charge in [0, 0.05) is 25.7 Å². The van der Waals surface area contributed by atoms with Crippen LogP contribution in [0.5, 0.6) is 0 Å². The predicted octanol–water partition coefficient (Wildman–Crippen LogP) is -0.149. The summed E-state index contributed by atoms with van der Waals surface area (Å²) in [7, 11) is 0. The minimum absolute atomic E-state index is 0.168. The molecule has 1 unspecified atom stereocenters. The Kier molecular flexibility index (Phi) is 3.79. The summed E-state index contributed by atoms with van der Waals surface area (Å²) in [5.74, 6) is 0.0573. The highest BCUT2D eigenvalue weighted by Gasteiger charge is 2.32. The number of nitrogens with one attached hydrogen (secondary N) is 1. The van der Waals surface area contributed by atoms with Crippen LogP contribution in [0.3, 0.4) is 0 Å². The third kappa shape index (κ3) is 3.23. The number of hydrogen-bond donors (Lipinski definition) is 2. The summed E-state index contributed by atoms with van der Waals surface area (Å²) in [4.78, 5) is 13.4. The lowest BCUT2D eigenvalue weighted by Crippen LogP contribution is -2.46. The number of amides is 1. The van der Waals surface area contributed by atoms with Gasteiger partial charge in [0.15, 0.2) is 5.69 Å². The molecular weight excluding hydrogens is 258 g/mol. The van der Waals surface area contributed by atoms with Crippen molar-refractivity contribution in [1.29, 1.82) is 0 Å². The minimum Gasteiger partial charge on any atom is -0.374 e. The van der Waals surface area contributed by atoms with E-state index in [1.165, 1.54) is 12.8 Å². The fourth-order valence-electron chi connectivity index (χ4n) is 2.41. The Bertz CT molecular complexity index is 474. The number of nitrogens with zero attached hydrogens (tertiary/aromatic N) is 3. The molecule has 2 heterocycles. The number of primary amides is 1. The molecule has 1 amide bonds. The van der Waals surface area contributed by atoms with Crippen LogP contribution in [0.15, 0.2) is 12.1 Å². The zero-order valence-corrected chi connectivity index (χ0v) is 11.3. The van der Waals surface area contributed by atoms with Gasteiger partial charge in [-0.2, -0.15) is 0 Å². The molecule has 3 rings (SSSR count). The summed E-state index contributed by atoms with van der Waals surface area (Å²) in [6, 6.07) is 4.04. The van der Waals surface area contributed by atoms with E-state index < -0.39 is 5.91 Å². The monoisotopic (exact) mass is 277 g/mol. The van der Waals surface area contributed by atoms with Gasteiger partial charge in [-0.25, -0.2) is 0 Å². The molecule has 1 aliphatic heterocycles. The lowest BCUT2D eigenvalue weighted by Gasteiger charge is -2.33. The molecule has 1 saturated heterocycles. The molecule has 1 aromatic rings. The summed E-state index contributed by atoms with van der Waals surface area (Å²) in [6.07, 6.45) is 2.81. The number of ether oxygens (including phenoxy) is 1. The molecule has 108 valence electrons. The van der Waals surface area contributed by atoms with Crippen LogP contribution in [0.1, 0.15) is 23.3 Å². The lowest BCUT2D eigenvalue weighted by molar-refractivity contribution is -0.0241. The minimum atomic E-state index is -0.570.